The Bertz CT molecular complexity index is 533. The van der Waals surface area contributed by atoms with Crippen LogP contribution in [0.3, 0.4) is 0 Å². The van der Waals surface area contributed by atoms with Crippen LogP contribution in [-0.2, 0) is 15.7 Å². The van der Waals surface area contributed by atoms with E-state index in [1.165, 1.54) is 19.2 Å². The van der Waals surface area contributed by atoms with Crippen LogP contribution in [0.5, 0.6) is 0 Å². The number of carbonyl (C=O) groups is 1. The number of ether oxygens (including phenoxy) is 1. The fourth-order valence-corrected chi connectivity index (χ4v) is 1.74. The minimum Gasteiger partial charge on any atom is -0.383 e. The van der Waals surface area contributed by atoms with Crippen LogP contribution in [0.1, 0.15) is 11.1 Å². The summed E-state index contributed by atoms with van der Waals surface area (Å²) in [5, 5.41) is 6.31. The molecule has 0 saturated carbocycles. The number of carbonyl (C=O) groups excluding carboxylic acids is 1. The van der Waals surface area contributed by atoms with Crippen molar-refractivity contribution >= 4 is 17.8 Å². The van der Waals surface area contributed by atoms with E-state index in [9.17, 15) is 18.0 Å². The van der Waals surface area contributed by atoms with Gasteiger partial charge in [0.05, 0.1) is 17.9 Å². The molecular weight excluding hydrogens is 301 g/mol. The Morgan fingerprint density at radius 1 is 1.45 bits per heavy atom. The number of amides is 1. The fourth-order valence-electron chi connectivity index (χ4n) is 1.74. The maximum Gasteiger partial charge on any atom is 0.418 e. The first-order chi connectivity index (χ1) is 10.4. The summed E-state index contributed by atoms with van der Waals surface area (Å²) in [6, 6.07) is 3.70. The maximum absolute atomic E-state index is 13.1. The van der Waals surface area contributed by atoms with Crippen molar-refractivity contribution in [3.05, 3.63) is 29.3 Å². The molecule has 1 amide bonds. The van der Waals surface area contributed by atoms with Gasteiger partial charge in [0.1, 0.15) is 0 Å². The summed E-state index contributed by atoms with van der Waals surface area (Å²) in [6.07, 6.45) is -4.22. The van der Waals surface area contributed by atoms with E-state index in [4.69, 9.17) is 10.5 Å². The van der Waals surface area contributed by atoms with E-state index in [1.807, 2.05) is 0 Å². The van der Waals surface area contributed by atoms with Gasteiger partial charge in [0, 0.05) is 31.5 Å². The van der Waals surface area contributed by atoms with Crippen molar-refractivity contribution in [3.63, 3.8) is 0 Å². The van der Waals surface area contributed by atoms with Crippen molar-refractivity contribution in [3.8, 4) is 0 Å². The molecule has 0 fully saturated rings. The monoisotopic (exact) mass is 318 g/mol. The number of methoxy groups -OCH3 is 1. The number of hydrogen-bond acceptors (Lipinski definition) is 5. The number of nitrogens with zero attached hydrogens (tertiary/aromatic N) is 1. The highest BCUT2D eigenvalue weighted by Gasteiger charge is 2.34. The Kier molecular flexibility index (Phi) is 6.80. The minimum absolute atomic E-state index is 0.0479. The topological polar surface area (TPSA) is 88.7 Å². The zero-order valence-corrected chi connectivity index (χ0v) is 11.9. The zero-order valence-electron chi connectivity index (χ0n) is 11.9. The van der Waals surface area contributed by atoms with Gasteiger partial charge in [-0.25, -0.2) is 5.43 Å². The minimum atomic E-state index is -4.54. The van der Waals surface area contributed by atoms with Crippen LogP contribution in [-0.4, -0.2) is 38.9 Å². The van der Waals surface area contributed by atoms with Gasteiger partial charge >= 0.3 is 6.18 Å². The molecule has 22 heavy (non-hydrogen) atoms. The molecule has 1 aromatic rings. The highest BCUT2D eigenvalue weighted by Crippen LogP contribution is 2.35. The van der Waals surface area contributed by atoms with E-state index in [2.05, 4.69) is 15.8 Å². The summed E-state index contributed by atoms with van der Waals surface area (Å²) in [5.41, 5.74) is 6.80. The van der Waals surface area contributed by atoms with E-state index >= 15 is 0 Å². The van der Waals surface area contributed by atoms with Gasteiger partial charge < -0.3 is 15.8 Å². The van der Waals surface area contributed by atoms with Gasteiger partial charge in [-0.1, -0.05) is 6.07 Å². The van der Waals surface area contributed by atoms with Crippen molar-refractivity contribution < 1.29 is 22.7 Å². The van der Waals surface area contributed by atoms with E-state index in [0.717, 1.165) is 6.07 Å². The van der Waals surface area contributed by atoms with Crippen LogP contribution < -0.4 is 16.5 Å². The molecule has 0 saturated heterocycles. The predicted molar refractivity (Wildman–Crippen MR) is 76.6 cm³/mol. The van der Waals surface area contributed by atoms with Crippen molar-refractivity contribution in [1.82, 2.24) is 5.43 Å². The molecule has 0 aliphatic heterocycles. The Labute approximate surface area is 125 Å². The van der Waals surface area contributed by atoms with Gasteiger partial charge in [-0.3, -0.25) is 4.79 Å². The maximum atomic E-state index is 13.1. The molecule has 0 radical (unpaired) electrons. The second kappa shape index (κ2) is 8.35. The van der Waals surface area contributed by atoms with E-state index in [0.29, 0.717) is 6.41 Å². The summed E-state index contributed by atoms with van der Waals surface area (Å²) >= 11 is 0. The Balaban J connectivity index is 3.24. The van der Waals surface area contributed by atoms with Gasteiger partial charge in [-0.15, -0.1) is 0 Å². The molecular formula is C13H17F3N4O2. The third-order valence-electron chi connectivity index (χ3n) is 2.65. The lowest BCUT2D eigenvalue weighted by molar-refractivity contribution is -0.137. The first-order valence-electron chi connectivity index (χ1n) is 6.34. The highest BCUT2D eigenvalue weighted by molar-refractivity contribution is 6.02. The molecule has 1 rings (SSSR count). The normalized spacial score (nSPS) is 12.1. The van der Waals surface area contributed by atoms with Gasteiger partial charge in [0.15, 0.2) is 0 Å². The molecule has 0 bridgehead atoms. The number of hydrogen-bond donors (Lipinski definition) is 3. The van der Waals surface area contributed by atoms with Gasteiger partial charge in [0.25, 0.3) is 0 Å². The number of nitrogens with one attached hydrogen (secondary N) is 2. The van der Waals surface area contributed by atoms with E-state index in [1.54, 1.807) is 0 Å². The molecule has 0 aliphatic carbocycles. The quantitative estimate of drug-likeness (QED) is 0.381. The summed E-state index contributed by atoms with van der Waals surface area (Å²) in [5.74, 6) is 0. The number of hydrazone groups is 1. The molecule has 122 valence electrons. The van der Waals surface area contributed by atoms with Gasteiger partial charge in [-0.2, -0.15) is 18.3 Å². The first kappa shape index (κ1) is 17.9. The fraction of sp³-hybridized carbons (Fsp3) is 0.385. The molecule has 9 heteroatoms. The van der Waals surface area contributed by atoms with Crippen molar-refractivity contribution in [2.24, 2.45) is 10.8 Å². The van der Waals surface area contributed by atoms with Crippen molar-refractivity contribution in [2.75, 3.05) is 32.1 Å². The second-order valence-corrected chi connectivity index (χ2v) is 4.21. The summed E-state index contributed by atoms with van der Waals surface area (Å²) < 4.78 is 44.3. The molecule has 1 aromatic carbocycles. The molecule has 0 aromatic heterocycles. The lowest BCUT2D eigenvalue weighted by Gasteiger charge is -2.16. The summed E-state index contributed by atoms with van der Waals surface area (Å²) in [7, 11) is 1.37. The van der Waals surface area contributed by atoms with E-state index in [-0.39, 0.29) is 36.7 Å². The molecule has 0 aliphatic rings. The summed E-state index contributed by atoms with van der Waals surface area (Å²) in [6.45, 7) is 0.376. The largest absolute Gasteiger partial charge is 0.418 e. The van der Waals surface area contributed by atoms with Crippen LogP contribution in [0.2, 0.25) is 0 Å². The standard InChI is InChI=1S/C13H17F3N4O2/c1-22-7-12(20-19-8-21)9-2-3-11(18-5-4-17)10(6-9)13(14,15)16/h2-3,6,8,18H,4-5,7,17H2,1H3,(H,19,21)/b20-12+. The highest BCUT2D eigenvalue weighted by atomic mass is 19.4. The first-order valence-corrected chi connectivity index (χ1v) is 6.34. The van der Waals surface area contributed by atoms with Gasteiger partial charge in [0.2, 0.25) is 6.41 Å². The van der Waals surface area contributed by atoms with Crippen LogP contribution in [0.4, 0.5) is 18.9 Å². The molecule has 4 N–H and O–H groups in total. The Morgan fingerprint density at radius 2 is 2.18 bits per heavy atom. The molecule has 0 heterocycles. The van der Waals surface area contributed by atoms with Crippen molar-refractivity contribution in [1.29, 1.82) is 0 Å². The molecule has 0 spiro atoms. The third-order valence-corrected chi connectivity index (χ3v) is 2.65. The molecule has 6 nitrogen and oxygen atoms in total. The lowest BCUT2D eigenvalue weighted by atomic mass is 10.0. The number of rotatable bonds is 8. The molecule has 0 atom stereocenters. The smallest absolute Gasteiger partial charge is 0.383 e. The number of nitrogens with two attached hydrogens (primary N) is 1. The second-order valence-electron chi connectivity index (χ2n) is 4.21. The zero-order chi connectivity index (χ0) is 16.6. The van der Waals surface area contributed by atoms with Crippen LogP contribution in [0, 0.1) is 0 Å². The third kappa shape index (κ3) is 5.01. The van der Waals surface area contributed by atoms with Crippen LogP contribution in [0.15, 0.2) is 23.3 Å². The number of halogens is 3. The number of anilines is 1. The van der Waals surface area contributed by atoms with E-state index < -0.39 is 11.7 Å². The summed E-state index contributed by atoms with van der Waals surface area (Å²) in [4.78, 5) is 10.3. The SMILES string of the molecule is COC/C(=N\NC=O)c1ccc(NCCN)c(C(F)(F)F)c1. The Hall–Kier alpha value is -2.13. The Morgan fingerprint density at radius 3 is 2.73 bits per heavy atom. The van der Waals surface area contributed by atoms with Crippen molar-refractivity contribution in [2.45, 2.75) is 6.18 Å². The van der Waals surface area contributed by atoms with Crippen LogP contribution in [0.25, 0.3) is 0 Å². The average molecular weight is 318 g/mol. The average Bonchev–Trinajstić information content (AvgIpc) is 2.48. The number of alkyl halides is 3. The lowest BCUT2D eigenvalue weighted by Crippen LogP contribution is -2.19. The predicted octanol–water partition coefficient (Wildman–Crippen LogP) is 1.17. The van der Waals surface area contributed by atoms with Crippen LogP contribution >= 0.6 is 0 Å². The molecule has 0 unspecified atom stereocenters. The number of benzene rings is 1. The van der Waals surface area contributed by atoms with Gasteiger partial charge in [-0.05, 0) is 12.1 Å².